The second-order valence-corrected chi connectivity index (χ2v) is 8.39. The Kier molecular flexibility index (Phi) is 5.95. The van der Waals surface area contributed by atoms with Crippen LogP contribution in [0.15, 0.2) is 58.1 Å². The minimum absolute atomic E-state index is 0.230. The maximum absolute atomic E-state index is 12.6. The summed E-state index contributed by atoms with van der Waals surface area (Å²) < 4.78 is 1.29. The van der Waals surface area contributed by atoms with Crippen molar-refractivity contribution in [2.24, 2.45) is 5.92 Å². The van der Waals surface area contributed by atoms with E-state index in [2.05, 4.69) is 19.1 Å². The summed E-state index contributed by atoms with van der Waals surface area (Å²) in [7, 11) is 2.66. The summed E-state index contributed by atoms with van der Waals surface area (Å²) in [5.41, 5.74) is 0.927. The molecule has 29 heavy (non-hydrogen) atoms. The summed E-state index contributed by atoms with van der Waals surface area (Å²) in [6.45, 7) is 2.71. The number of nitrogens with one attached hydrogen (secondary N) is 1. The Morgan fingerprint density at radius 1 is 1.03 bits per heavy atom. The maximum Gasteiger partial charge on any atom is 0.328 e. The average molecular weight is 411 g/mol. The van der Waals surface area contributed by atoms with Crippen LogP contribution in [-0.2, 0) is 6.54 Å². The first-order valence-corrected chi connectivity index (χ1v) is 10.6. The van der Waals surface area contributed by atoms with Gasteiger partial charge in [0.05, 0.1) is 17.0 Å². The predicted octanol–water partition coefficient (Wildman–Crippen LogP) is 1.64. The van der Waals surface area contributed by atoms with Crippen molar-refractivity contribution in [2.75, 3.05) is 19.6 Å². The second-order valence-electron chi connectivity index (χ2n) is 7.72. The molecule has 2 aromatic carbocycles. The molecule has 0 amide bonds. The van der Waals surface area contributed by atoms with E-state index in [1.54, 1.807) is 24.3 Å². The number of piperidine rings is 1. The summed E-state index contributed by atoms with van der Waals surface area (Å²) in [5.74, 6) is 0.230. The number of fused-ring (bicyclic) bond motifs is 1. The average Bonchev–Trinajstić information content (AvgIpc) is 2.74. The van der Waals surface area contributed by atoms with Gasteiger partial charge in [0, 0.05) is 13.1 Å². The van der Waals surface area contributed by atoms with E-state index < -0.39 is 6.10 Å². The van der Waals surface area contributed by atoms with Crippen LogP contribution in [0.25, 0.3) is 10.9 Å². The molecule has 2 atom stereocenters. The Morgan fingerprint density at radius 3 is 2.45 bits per heavy atom. The third kappa shape index (κ3) is 4.35. The molecule has 1 aliphatic heterocycles. The first kappa shape index (κ1) is 20.0. The maximum atomic E-state index is 12.6. The van der Waals surface area contributed by atoms with Crippen LogP contribution in [0.2, 0.25) is 0 Å². The van der Waals surface area contributed by atoms with Gasteiger partial charge in [-0.2, -0.15) is 0 Å². The van der Waals surface area contributed by atoms with Gasteiger partial charge >= 0.3 is 5.69 Å². The Labute approximate surface area is 171 Å². The molecule has 1 fully saturated rings. The molecule has 2 N–H and O–H groups in total. The summed E-state index contributed by atoms with van der Waals surface area (Å²) in [6, 6.07) is 15.0. The predicted molar refractivity (Wildman–Crippen MR) is 119 cm³/mol. The lowest BCUT2D eigenvalue weighted by Crippen LogP contribution is -2.42. The molecule has 7 heteroatoms. The molecule has 4 rings (SSSR count). The number of para-hydroxylation sites is 1. The van der Waals surface area contributed by atoms with E-state index in [1.807, 2.05) is 24.3 Å². The third-order valence-corrected chi connectivity index (χ3v) is 6.27. The number of aliphatic hydroxyl groups is 1. The fraction of sp³-hybridized carbons (Fsp3) is 0.364. The monoisotopic (exact) mass is 411 g/mol. The highest BCUT2D eigenvalue weighted by Crippen LogP contribution is 2.30. The Hall–Kier alpha value is -2.27. The number of aromatic amines is 1. The highest BCUT2D eigenvalue weighted by Gasteiger charge is 2.26. The third-order valence-electron chi connectivity index (χ3n) is 5.89. The largest absolute Gasteiger partial charge is 0.388 e. The normalized spacial score (nSPS) is 16.9. The molecule has 0 saturated carbocycles. The van der Waals surface area contributed by atoms with Gasteiger partial charge in [-0.05, 0) is 54.8 Å². The number of hydrogen-bond donors (Lipinski definition) is 2. The molecule has 0 spiro atoms. The summed E-state index contributed by atoms with van der Waals surface area (Å²) in [6.07, 6.45) is 1.34. The van der Waals surface area contributed by atoms with Crippen LogP contribution >= 0.6 is 9.24 Å². The molecule has 0 aliphatic carbocycles. The van der Waals surface area contributed by atoms with Crippen molar-refractivity contribution in [1.82, 2.24) is 14.5 Å². The first-order valence-electron chi connectivity index (χ1n) is 10.0. The van der Waals surface area contributed by atoms with Crippen LogP contribution in [0.4, 0.5) is 0 Å². The molecule has 1 saturated heterocycles. The molecule has 0 bridgehead atoms. The van der Waals surface area contributed by atoms with Crippen molar-refractivity contribution >= 4 is 25.4 Å². The van der Waals surface area contributed by atoms with Crippen LogP contribution in [0.5, 0.6) is 0 Å². The van der Waals surface area contributed by atoms with E-state index in [1.165, 1.54) is 4.57 Å². The van der Waals surface area contributed by atoms with Crippen molar-refractivity contribution < 1.29 is 5.11 Å². The van der Waals surface area contributed by atoms with E-state index in [0.29, 0.717) is 24.0 Å². The van der Waals surface area contributed by atoms with Gasteiger partial charge in [-0.1, -0.05) is 36.4 Å². The van der Waals surface area contributed by atoms with Crippen molar-refractivity contribution in [1.29, 1.82) is 0 Å². The minimum atomic E-state index is -0.450. The number of likely N-dealkylation sites (tertiary alicyclic amines) is 1. The number of H-pyrrole nitrogens is 1. The van der Waals surface area contributed by atoms with Crippen LogP contribution in [0, 0.1) is 5.92 Å². The lowest BCUT2D eigenvalue weighted by molar-refractivity contribution is 0.0578. The standard InChI is InChI=1S/C22H26N3O3P/c26-20(15-5-7-17(29)8-6-15)16-9-11-24(12-10-16)13-14-25-21(27)18-3-1-2-4-19(18)23-22(25)28/h1-8,16,20,26H,9-14,29H2,(H,23,28). The number of aliphatic hydroxyl groups excluding tert-OH is 1. The van der Waals surface area contributed by atoms with E-state index in [9.17, 15) is 14.7 Å². The van der Waals surface area contributed by atoms with Gasteiger partial charge in [0.15, 0.2) is 0 Å². The smallest absolute Gasteiger partial charge is 0.328 e. The van der Waals surface area contributed by atoms with Crippen molar-refractivity contribution in [3.05, 3.63) is 74.9 Å². The Morgan fingerprint density at radius 2 is 1.72 bits per heavy atom. The van der Waals surface area contributed by atoms with Gasteiger partial charge in [0.2, 0.25) is 0 Å². The number of rotatable bonds is 5. The molecular weight excluding hydrogens is 385 g/mol. The molecule has 0 radical (unpaired) electrons. The lowest BCUT2D eigenvalue weighted by atomic mass is 9.87. The molecule has 152 valence electrons. The van der Waals surface area contributed by atoms with Gasteiger partial charge in [0.25, 0.3) is 5.56 Å². The molecular formula is C22H26N3O3P. The zero-order valence-electron chi connectivity index (χ0n) is 16.3. The van der Waals surface area contributed by atoms with Crippen molar-refractivity contribution in [2.45, 2.75) is 25.5 Å². The Bertz CT molecular complexity index is 1100. The van der Waals surface area contributed by atoms with Gasteiger partial charge in [-0.25, -0.2) is 4.79 Å². The van der Waals surface area contributed by atoms with Crippen LogP contribution in [0.1, 0.15) is 24.5 Å². The second kappa shape index (κ2) is 8.62. The number of nitrogens with zero attached hydrogens (tertiary/aromatic N) is 2. The van der Waals surface area contributed by atoms with Gasteiger partial charge in [0.1, 0.15) is 0 Å². The van der Waals surface area contributed by atoms with E-state index in [-0.39, 0.29) is 17.2 Å². The SMILES string of the molecule is O=c1[nH]c2ccccc2c(=O)n1CCN1CCC(C(O)c2ccc(P)cc2)CC1. The summed E-state index contributed by atoms with van der Waals surface area (Å²) in [5, 5.41) is 12.3. The molecule has 6 nitrogen and oxygen atoms in total. The molecule has 1 aromatic heterocycles. The highest BCUT2D eigenvalue weighted by molar-refractivity contribution is 7.27. The van der Waals surface area contributed by atoms with Crippen LogP contribution in [-0.4, -0.2) is 39.2 Å². The first-order chi connectivity index (χ1) is 14.0. The quantitative estimate of drug-likeness (QED) is 0.626. The fourth-order valence-electron chi connectivity index (χ4n) is 4.10. The topological polar surface area (TPSA) is 78.3 Å². The molecule has 2 heterocycles. The molecule has 1 aliphatic rings. The van der Waals surface area contributed by atoms with E-state index in [0.717, 1.165) is 36.8 Å². The number of hydrogen-bond acceptors (Lipinski definition) is 4. The molecule has 2 unspecified atom stereocenters. The van der Waals surface area contributed by atoms with Gasteiger partial charge in [-0.15, -0.1) is 9.24 Å². The van der Waals surface area contributed by atoms with E-state index >= 15 is 0 Å². The van der Waals surface area contributed by atoms with Gasteiger partial charge < -0.3 is 15.0 Å². The summed E-state index contributed by atoms with van der Waals surface area (Å²) in [4.78, 5) is 30.0. The van der Waals surface area contributed by atoms with Gasteiger partial charge in [-0.3, -0.25) is 9.36 Å². The lowest BCUT2D eigenvalue weighted by Gasteiger charge is -2.34. The van der Waals surface area contributed by atoms with Crippen molar-refractivity contribution in [3.8, 4) is 0 Å². The fourth-order valence-corrected chi connectivity index (χ4v) is 4.29. The van der Waals surface area contributed by atoms with E-state index in [4.69, 9.17) is 0 Å². The van der Waals surface area contributed by atoms with Crippen molar-refractivity contribution in [3.63, 3.8) is 0 Å². The number of aromatic nitrogens is 2. The Balaban J connectivity index is 1.37. The van der Waals surface area contributed by atoms with Crippen LogP contribution < -0.4 is 16.6 Å². The van der Waals surface area contributed by atoms with Crippen LogP contribution in [0.3, 0.4) is 0 Å². The zero-order valence-corrected chi connectivity index (χ0v) is 17.4. The molecule has 3 aromatic rings. The number of benzene rings is 2. The zero-order chi connectivity index (χ0) is 20.4. The minimum Gasteiger partial charge on any atom is -0.388 e. The summed E-state index contributed by atoms with van der Waals surface area (Å²) >= 11 is 0. The highest BCUT2D eigenvalue weighted by atomic mass is 31.0.